The smallest absolute Gasteiger partial charge is 0.240 e. The molecule has 0 saturated heterocycles. The van der Waals surface area contributed by atoms with Gasteiger partial charge in [0.25, 0.3) is 0 Å². The van der Waals surface area contributed by atoms with E-state index in [1.165, 1.54) is 57.1 Å². The maximum atomic E-state index is 12.4. The summed E-state index contributed by atoms with van der Waals surface area (Å²) in [6, 6.07) is 0. The van der Waals surface area contributed by atoms with Crippen molar-refractivity contribution >= 4 is 11.6 Å². The Balaban J connectivity index is 1.35. The number of nitrogens with zero attached hydrogens (tertiary/aromatic N) is 1. The van der Waals surface area contributed by atoms with Crippen molar-refractivity contribution in [1.82, 2.24) is 5.43 Å². The van der Waals surface area contributed by atoms with Crippen molar-refractivity contribution in [3.8, 4) is 0 Å². The summed E-state index contributed by atoms with van der Waals surface area (Å²) in [5.41, 5.74) is 4.44. The molecule has 4 bridgehead atoms. The van der Waals surface area contributed by atoms with Gasteiger partial charge >= 0.3 is 0 Å². The molecule has 5 fully saturated rings. The highest BCUT2D eigenvalue weighted by Crippen LogP contribution is 2.61. The molecular weight excluding hydrogens is 272 g/mol. The molecule has 0 unspecified atom stereocenters. The van der Waals surface area contributed by atoms with E-state index >= 15 is 0 Å². The van der Waals surface area contributed by atoms with Crippen molar-refractivity contribution in [3.63, 3.8) is 0 Å². The average Bonchev–Trinajstić information content (AvgIpc) is 2.43. The maximum Gasteiger partial charge on any atom is 0.240 e. The first-order chi connectivity index (χ1) is 10.6. The SMILES string of the molecule is C[C@H]1CCC/C(=N/NC(=O)CC23CC4CC(CC(C4)C2)C3)C1. The molecule has 0 aromatic heterocycles. The number of rotatable bonds is 3. The van der Waals surface area contributed by atoms with E-state index in [-0.39, 0.29) is 5.91 Å². The van der Waals surface area contributed by atoms with E-state index in [1.54, 1.807) is 0 Å². The molecule has 0 aromatic carbocycles. The Kier molecular flexibility index (Phi) is 3.78. The summed E-state index contributed by atoms with van der Waals surface area (Å²) >= 11 is 0. The van der Waals surface area contributed by atoms with Crippen LogP contribution in [0.4, 0.5) is 0 Å². The Morgan fingerprint density at radius 2 is 1.82 bits per heavy atom. The fourth-order valence-corrected chi connectivity index (χ4v) is 6.39. The van der Waals surface area contributed by atoms with Crippen LogP contribution >= 0.6 is 0 Å². The highest BCUT2D eigenvalue weighted by molar-refractivity contribution is 5.87. The molecule has 22 heavy (non-hydrogen) atoms. The van der Waals surface area contributed by atoms with E-state index in [4.69, 9.17) is 0 Å². The molecule has 1 atom stereocenters. The Hall–Kier alpha value is -0.860. The number of amides is 1. The summed E-state index contributed by atoms with van der Waals surface area (Å²) in [5, 5.41) is 4.45. The second-order valence-corrected chi connectivity index (χ2v) is 9.01. The number of hydrogen-bond donors (Lipinski definition) is 1. The minimum absolute atomic E-state index is 0.174. The van der Waals surface area contributed by atoms with Crippen LogP contribution < -0.4 is 5.43 Å². The number of carbonyl (C=O) groups is 1. The van der Waals surface area contributed by atoms with Crippen molar-refractivity contribution < 1.29 is 4.79 Å². The van der Waals surface area contributed by atoms with Crippen LogP contribution in [-0.4, -0.2) is 11.6 Å². The van der Waals surface area contributed by atoms with Gasteiger partial charge < -0.3 is 0 Å². The molecule has 0 spiro atoms. The Bertz CT molecular complexity index is 447. The molecule has 122 valence electrons. The number of hydrogen-bond acceptors (Lipinski definition) is 2. The van der Waals surface area contributed by atoms with Gasteiger partial charge in [-0.15, -0.1) is 0 Å². The minimum Gasteiger partial charge on any atom is -0.273 e. The van der Waals surface area contributed by atoms with Gasteiger partial charge in [0.05, 0.1) is 0 Å². The molecule has 0 aliphatic heterocycles. The van der Waals surface area contributed by atoms with E-state index in [1.807, 2.05) is 0 Å². The zero-order valence-electron chi connectivity index (χ0n) is 13.9. The van der Waals surface area contributed by atoms with Crippen LogP contribution in [0.5, 0.6) is 0 Å². The van der Waals surface area contributed by atoms with Gasteiger partial charge in [-0.1, -0.05) is 6.92 Å². The molecular formula is C19H30N2O. The molecule has 1 N–H and O–H groups in total. The Labute approximate surface area is 134 Å². The average molecular weight is 302 g/mol. The van der Waals surface area contributed by atoms with Crippen LogP contribution in [0.1, 0.15) is 77.6 Å². The lowest BCUT2D eigenvalue weighted by atomic mass is 9.49. The zero-order chi connectivity index (χ0) is 15.2. The van der Waals surface area contributed by atoms with Crippen LogP contribution in [0, 0.1) is 29.1 Å². The summed E-state index contributed by atoms with van der Waals surface area (Å²) in [5.74, 6) is 3.67. The van der Waals surface area contributed by atoms with Crippen molar-refractivity contribution in [3.05, 3.63) is 0 Å². The van der Waals surface area contributed by atoms with Crippen LogP contribution in [-0.2, 0) is 4.79 Å². The van der Waals surface area contributed by atoms with Crippen LogP contribution in [0.15, 0.2) is 5.10 Å². The molecule has 3 nitrogen and oxygen atoms in total. The molecule has 5 aliphatic carbocycles. The standard InChI is InChI=1S/C19H30N2O/c1-13-3-2-4-17(5-13)20-21-18(22)12-19-9-14-6-15(10-19)8-16(7-14)11-19/h13-16H,2-12H2,1H3,(H,21,22)/b20-17-/t13-,14?,15?,16?,19?/m0/s1. The van der Waals surface area contributed by atoms with Crippen LogP contribution in [0.2, 0.25) is 0 Å². The van der Waals surface area contributed by atoms with Gasteiger partial charge in [0.15, 0.2) is 0 Å². The quantitative estimate of drug-likeness (QED) is 0.777. The van der Waals surface area contributed by atoms with Crippen LogP contribution in [0.3, 0.4) is 0 Å². The van der Waals surface area contributed by atoms with E-state index in [0.29, 0.717) is 5.41 Å². The first kappa shape index (κ1) is 14.7. The van der Waals surface area contributed by atoms with Gasteiger partial charge in [0.1, 0.15) is 0 Å². The first-order valence-electron chi connectivity index (χ1n) is 9.44. The van der Waals surface area contributed by atoms with Crippen molar-refractivity contribution in [2.45, 2.75) is 77.6 Å². The van der Waals surface area contributed by atoms with E-state index in [0.717, 1.165) is 42.9 Å². The van der Waals surface area contributed by atoms with Crippen molar-refractivity contribution in [1.29, 1.82) is 0 Å². The lowest BCUT2D eigenvalue weighted by Crippen LogP contribution is -2.47. The molecule has 0 aromatic rings. The highest BCUT2D eigenvalue weighted by Gasteiger charge is 2.51. The van der Waals surface area contributed by atoms with Gasteiger partial charge in [-0.3, -0.25) is 4.79 Å². The third-order valence-corrected chi connectivity index (χ3v) is 6.79. The summed E-state index contributed by atoms with van der Waals surface area (Å²) in [6.45, 7) is 2.28. The molecule has 5 rings (SSSR count). The fourth-order valence-electron chi connectivity index (χ4n) is 6.39. The van der Waals surface area contributed by atoms with Gasteiger partial charge in [-0.25, -0.2) is 5.43 Å². The van der Waals surface area contributed by atoms with E-state index in [2.05, 4.69) is 17.5 Å². The van der Waals surface area contributed by atoms with Gasteiger partial charge in [0.2, 0.25) is 5.91 Å². The van der Waals surface area contributed by atoms with E-state index in [9.17, 15) is 4.79 Å². The topological polar surface area (TPSA) is 41.5 Å². The summed E-state index contributed by atoms with van der Waals surface area (Å²) in [4.78, 5) is 12.4. The Morgan fingerprint density at radius 3 is 2.41 bits per heavy atom. The van der Waals surface area contributed by atoms with Crippen molar-refractivity contribution in [2.24, 2.45) is 34.2 Å². The minimum atomic E-state index is 0.174. The van der Waals surface area contributed by atoms with E-state index < -0.39 is 0 Å². The second kappa shape index (κ2) is 5.65. The zero-order valence-corrected chi connectivity index (χ0v) is 13.9. The number of hydrazone groups is 1. The predicted octanol–water partition coefficient (Wildman–Crippen LogP) is 4.28. The van der Waals surface area contributed by atoms with Gasteiger partial charge in [-0.2, -0.15) is 5.10 Å². The first-order valence-corrected chi connectivity index (χ1v) is 9.44. The van der Waals surface area contributed by atoms with Crippen LogP contribution in [0.25, 0.3) is 0 Å². The number of carbonyl (C=O) groups excluding carboxylic acids is 1. The normalized spacial score (nSPS) is 45.2. The molecule has 5 saturated carbocycles. The third-order valence-electron chi connectivity index (χ3n) is 6.79. The summed E-state index contributed by atoms with van der Waals surface area (Å²) in [6.07, 6.45) is 13.6. The molecule has 0 radical (unpaired) electrons. The summed E-state index contributed by atoms with van der Waals surface area (Å²) in [7, 11) is 0. The van der Waals surface area contributed by atoms with Gasteiger partial charge in [0, 0.05) is 12.1 Å². The molecule has 5 aliphatic rings. The molecule has 1 amide bonds. The molecule has 0 heterocycles. The lowest BCUT2D eigenvalue weighted by Gasteiger charge is -2.56. The molecule has 3 heteroatoms. The predicted molar refractivity (Wildman–Crippen MR) is 88.4 cm³/mol. The third kappa shape index (κ3) is 2.96. The summed E-state index contributed by atoms with van der Waals surface area (Å²) < 4.78 is 0. The highest BCUT2D eigenvalue weighted by atomic mass is 16.2. The number of nitrogens with one attached hydrogen (secondary N) is 1. The lowest BCUT2D eigenvalue weighted by molar-refractivity contribution is -0.129. The van der Waals surface area contributed by atoms with Gasteiger partial charge in [-0.05, 0) is 93.3 Å². The monoisotopic (exact) mass is 302 g/mol. The Morgan fingerprint density at radius 1 is 1.18 bits per heavy atom. The second-order valence-electron chi connectivity index (χ2n) is 9.01. The van der Waals surface area contributed by atoms with Crippen molar-refractivity contribution in [2.75, 3.05) is 0 Å². The fraction of sp³-hybridized carbons (Fsp3) is 0.895. The maximum absolute atomic E-state index is 12.4. The largest absolute Gasteiger partial charge is 0.273 e.